The molecule has 0 N–H and O–H groups in total. The third kappa shape index (κ3) is 4.98. The summed E-state index contributed by atoms with van der Waals surface area (Å²) >= 11 is 0. The van der Waals surface area contributed by atoms with Crippen molar-refractivity contribution in [2.45, 2.75) is 12.8 Å². The van der Waals surface area contributed by atoms with E-state index in [-0.39, 0.29) is 0 Å². The van der Waals surface area contributed by atoms with Crippen molar-refractivity contribution in [1.29, 1.82) is 0 Å². The van der Waals surface area contributed by atoms with Crippen LogP contribution in [-0.4, -0.2) is 9.97 Å². The minimum Gasteiger partial charge on any atom is -0.310 e. The van der Waals surface area contributed by atoms with Crippen molar-refractivity contribution in [2.75, 3.05) is 4.90 Å². The first kappa shape index (κ1) is 22.7. The van der Waals surface area contributed by atoms with E-state index < -0.39 is 0 Å². The van der Waals surface area contributed by atoms with Crippen molar-refractivity contribution in [3.63, 3.8) is 0 Å². The third-order valence-electron chi connectivity index (χ3n) is 6.64. The summed E-state index contributed by atoms with van der Waals surface area (Å²) in [5, 5.41) is 0. The SMILES string of the molecule is C1=CCCC(c2ccc(N(c3cccc(-c4ccccn4)c3)c3cccc(-c4ccccn4)c3)cc2)=C1. The van der Waals surface area contributed by atoms with Crippen LogP contribution in [0.2, 0.25) is 0 Å². The molecule has 1 aliphatic rings. The molecule has 0 amide bonds. The molecule has 2 aromatic heterocycles. The van der Waals surface area contributed by atoms with E-state index in [0.717, 1.165) is 52.4 Å². The van der Waals surface area contributed by atoms with Gasteiger partial charge in [-0.05, 0) is 84.6 Å². The Morgan fingerprint density at radius 3 is 1.68 bits per heavy atom. The number of nitrogens with zero attached hydrogens (tertiary/aromatic N) is 3. The number of hydrogen-bond acceptors (Lipinski definition) is 3. The molecule has 0 bridgehead atoms. The van der Waals surface area contributed by atoms with Crippen molar-refractivity contribution in [1.82, 2.24) is 9.97 Å². The number of anilines is 3. The summed E-state index contributed by atoms with van der Waals surface area (Å²) in [5.74, 6) is 0. The zero-order chi connectivity index (χ0) is 24.9. The van der Waals surface area contributed by atoms with Crippen LogP contribution >= 0.6 is 0 Å². The Balaban J connectivity index is 1.45. The van der Waals surface area contributed by atoms with Crippen LogP contribution in [0.5, 0.6) is 0 Å². The van der Waals surface area contributed by atoms with Crippen molar-refractivity contribution >= 4 is 22.6 Å². The van der Waals surface area contributed by atoms with Gasteiger partial charge in [0.2, 0.25) is 0 Å². The fourth-order valence-electron chi connectivity index (χ4n) is 4.79. The van der Waals surface area contributed by atoms with Gasteiger partial charge in [-0.3, -0.25) is 9.97 Å². The van der Waals surface area contributed by atoms with Crippen LogP contribution in [0.1, 0.15) is 18.4 Å². The summed E-state index contributed by atoms with van der Waals surface area (Å²) in [6, 6.07) is 38.1. The zero-order valence-electron chi connectivity index (χ0n) is 20.5. The van der Waals surface area contributed by atoms with Gasteiger partial charge < -0.3 is 4.90 Å². The molecule has 0 saturated carbocycles. The van der Waals surface area contributed by atoms with E-state index in [9.17, 15) is 0 Å². The molecule has 2 heterocycles. The molecular weight excluding hydrogens is 450 g/mol. The van der Waals surface area contributed by atoms with Gasteiger partial charge in [0.1, 0.15) is 0 Å². The molecule has 178 valence electrons. The second-order valence-electron chi connectivity index (χ2n) is 9.07. The molecule has 0 radical (unpaired) electrons. The summed E-state index contributed by atoms with van der Waals surface area (Å²) in [7, 11) is 0. The monoisotopic (exact) mass is 477 g/mol. The molecule has 3 aromatic carbocycles. The van der Waals surface area contributed by atoms with Crippen molar-refractivity contribution in [2.24, 2.45) is 0 Å². The van der Waals surface area contributed by atoms with Crippen LogP contribution in [0.15, 0.2) is 140 Å². The van der Waals surface area contributed by atoms with Gasteiger partial charge in [0.25, 0.3) is 0 Å². The molecule has 37 heavy (non-hydrogen) atoms. The molecule has 0 fully saturated rings. The van der Waals surface area contributed by atoms with Crippen molar-refractivity contribution < 1.29 is 0 Å². The molecule has 1 aliphatic carbocycles. The van der Waals surface area contributed by atoms with E-state index in [1.807, 2.05) is 48.8 Å². The van der Waals surface area contributed by atoms with Gasteiger partial charge in [0.15, 0.2) is 0 Å². The van der Waals surface area contributed by atoms with Gasteiger partial charge in [-0.2, -0.15) is 0 Å². The average molecular weight is 478 g/mol. The molecular formula is C34H27N3. The maximum Gasteiger partial charge on any atom is 0.0702 e. The lowest BCUT2D eigenvalue weighted by molar-refractivity contribution is 1.05. The van der Waals surface area contributed by atoms with Crippen molar-refractivity contribution in [3.05, 3.63) is 145 Å². The molecule has 6 rings (SSSR count). The lowest BCUT2D eigenvalue weighted by atomic mass is 9.97. The Hall–Kier alpha value is -4.76. The second-order valence-corrected chi connectivity index (χ2v) is 9.07. The maximum absolute atomic E-state index is 4.57. The molecule has 3 nitrogen and oxygen atoms in total. The molecule has 0 atom stereocenters. The Kier molecular flexibility index (Phi) is 6.42. The third-order valence-corrected chi connectivity index (χ3v) is 6.64. The summed E-state index contributed by atoms with van der Waals surface area (Å²) in [6.45, 7) is 0. The minimum absolute atomic E-state index is 0.958. The van der Waals surface area contributed by atoms with Crippen LogP contribution in [0.25, 0.3) is 28.1 Å². The number of pyridine rings is 2. The number of benzene rings is 3. The van der Waals surface area contributed by atoms with Gasteiger partial charge >= 0.3 is 0 Å². The highest BCUT2D eigenvalue weighted by Gasteiger charge is 2.15. The first-order valence-electron chi connectivity index (χ1n) is 12.6. The van der Waals surface area contributed by atoms with Crippen LogP contribution in [0.4, 0.5) is 17.1 Å². The van der Waals surface area contributed by atoms with Crippen LogP contribution in [0, 0.1) is 0 Å². The van der Waals surface area contributed by atoms with E-state index in [4.69, 9.17) is 0 Å². The van der Waals surface area contributed by atoms with Crippen LogP contribution < -0.4 is 4.90 Å². The molecule has 0 aliphatic heterocycles. The highest BCUT2D eigenvalue weighted by molar-refractivity contribution is 5.82. The zero-order valence-corrected chi connectivity index (χ0v) is 20.5. The van der Waals surface area contributed by atoms with E-state index in [1.54, 1.807) is 0 Å². The number of allylic oxidation sites excluding steroid dienone is 4. The minimum atomic E-state index is 0.958. The predicted octanol–water partition coefficient (Wildman–Crippen LogP) is 9.01. The highest BCUT2D eigenvalue weighted by atomic mass is 15.1. The van der Waals surface area contributed by atoms with Crippen LogP contribution in [0.3, 0.4) is 0 Å². The summed E-state index contributed by atoms with van der Waals surface area (Å²) in [4.78, 5) is 11.5. The molecule has 0 unspecified atom stereocenters. The second kappa shape index (κ2) is 10.5. The molecule has 0 saturated heterocycles. The Labute approximate surface area is 218 Å². The van der Waals surface area contributed by atoms with E-state index in [2.05, 4.69) is 106 Å². The summed E-state index contributed by atoms with van der Waals surface area (Å²) in [6.07, 6.45) is 12.5. The van der Waals surface area contributed by atoms with E-state index in [0.29, 0.717) is 0 Å². The normalized spacial score (nSPS) is 12.7. The summed E-state index contributed by atoms with van der Waals surface area (Å²) < 4.78 is 0. The van der Waals surface area contributed by atoms with E-state index in [1.165, 1.54) is 11.1 Å². The first-order chi connectivity index (χ1) is 18.3. The lowest BCUT2D eigenvalue weighted by Crippen LogP contribution is -2.10. The Morgan fingerprint density at radius 2 is 1.16 bits per heavy atom. The topological polar surface area (TPSA) is 29.0 Å². The highest BCUT2D eigenvalue weighted by Crippen LogP contribution is 2.38. The Morgan fingerprint density at radius 1 is 0.541 bits per heavy atom. The summed E-state index contributed by atoms with van der Waals surface area (Å²) in [5.41, 5.74) is 10.0. The van der Waals surface area contributed by atoms with Gasteiger partial charge in [0, 0.05) is 40.6 Å². The first-order valence-corrected chi connectivity index (χ1v) is 12.6. The molecule has 3 heteroatoms. The van der Waals surface area contributed by atoms with Gasteiger partial charge in [-0.25, -0.2) is 0 Å². The van der Waals surface area contributed by atoms with Gasteiger partial charge in [-0.1, -0.05) is 66.8 Å². The van der Waals surface area contributed by atoms with Gasteiger partial charge in [0.05, 0.1) is 11.4 Å². The Bertz CT molecular complexity index is 1470. The number of aromatic nitrogens is 2. The molecule has 5 aromatic rings. The lowest BCUT2D eigenvalue weighted by Gasteiger charge is -2.27. The van der Waals surface area contributed by atoms with Crippen molar-refractivity contribution in [3.8, 4) is 22.5 Å². The quantitative estimate of drug-likeness (QED) is 0.244. The largest absolute Gasteiger partial charge is 0.310 e. The predicted molar refractivity (Wildman–Crippen MR) is 154 cm³/mol. The van der Waals surface area contributed by atoms with Gasteiger partial charge in [-0.15, -0.1) is 0 Å². The van der Waals surface area contributed by atoms with E-state index >= 15 is 0 Å². The fraction of sp³-hybridized carbons (Fsp3) is 0.0588. The smallest absolute Gasteiger partial charge is 0.0702 e. The standard InChI is InChI=1S/C34H27N3/c1-2-10-26(11-3-1)27-18-20-30(21-19-27)37(31-14-8-12-28(24-31)33-16-4-6-22-35-33)32-15-9-13-29(25-32)34-17-5-7-23-36-34/h1-2,4-10,12-25H,3,11H2. The molecule has 0 spiro atoms. The fourth-order valence-corrected chi connectivity index (χ4v) is 4.79. The number of rotatable bonds is 6. The maximum atomic E-state index is 4.57. The average Bonchev–Trinajstić information content (AvgIpc) is 2.99. The number of hydrogen-bond donors (Lipinski definition) is 0. The van der Waals surface area contributed by atoms with Crippen LogP contribution in [-0.2, 0) is 0 Å².